The molecule has 0 fully saturated rings. The molecule has 0 bridgehead atoms. The summed E-state index contributed by atoms with van der Waals surface area (Å²) < 4.78 is 13.5. The minimum atomic E-state index is -3.88. The lowest BCUT2D eigenvalue weighted by molar-refractivity contribution is -0.391. The van der Waals surface area contributed by atoms with Crippen molar-refractivity contribution in [2.24, 2.45) is 5.92 Å². The summed E-state index contributed by atoms with van der Waals surface area (Å²) in [7, 11) is -3.88. The van der Waals surface area contributed by atoms with E-state index < -0.39 is 37.0 Å². The zero-order chi connectivity index (χ0) is 29.2. The van der Waals surface area contributed by atoms with Crippen molar-refractivity contribution < 1.29 is 46.9 Å². The maximum atomic E-state index is 13.5. The molecule has 4 rings (SSSR count). The number of quaternary nitrogens is 1. The van der Waals surface area contributed by atoms with Crippen LogP contribution >= 0.6 is 7.37 Å². The van der Waals surface area contributed by atoms with Crippen molar-refractivity contribution in [2.45, 2.75) is 31.1 Å². The minimum Gasteiger partial charge on any atom is -1.00 e. The smallest absolute Gasteiger partial charge is 0.326 e. The molecule has 0 spiro atoms. The third-order valence-electron chi connectivity index (χ3n) is 7.18. The Bertz CT molecular complexity index is 1470. The van der Waals surface area contributed by atoms with Crippen LogP contribution in [0.2, 0.25) is 0 Å². The highest BCUT2D eigenvalue weighted by atomic mass is 79.9. The van der Waals surface area contributed by atoms with E-state index in [0.29, 0.717) is 6.42 Å². The van der Waals surface area contributed by atoms with Gasteiger partial charge >= 0.3 is 5.97 Å². The van der Waals surface area contributed by atoms with E-state index in [-0.39, 0.29) is 36.0 Å². The molecule has 9 heteroatoms. The predicted octanol–water partition coefficient (Wildman–Crippen LogP) is 1.41. The van der Waals surface area contributed by atoms with Crippen molar-refractivity contribution in [3.63, 3.8) is 0 Å². The monoisotopic (exact) mass is 650 g/mol. The Morgan fingerprint density at radius 1 is 0.690 bits per heavy atom. The van der Waals surface area contributed by atoms with E-state index >= 15 is 0 Å². The number of hydrogen-bond acceptors (Lipinski definition) is 3. The Morgan fingerprint density at radius 2 is 1.14 bits per heavy atom. The van der Waals surface area contributed by atoms with Crippen LogP contribution < -0.4 is 28.0 Å². The minimum absolute atomic E-state index is 0. The summed E-state index contributed by atoms with van der Waals surface area (Å²) in [5, 5.41) is 12.6. The Labute approximate surface area is 257 Å². The molecule has 1 amide bonds. The van der Waals surface area contributed by atoms with Crippen LogP contribution in [0.3, 0.4) is 0 Å². The first-order valence-electron chi connectivity index (χ1n) is 13.6. The lowest BCUT2D eigenvalue weighted by Gasteiger charge is -2.24. The Hall–Kier alpha value is -3.55. The van der Waals surface area contributed by atoms with E-state index in [1.54, 1.807) is 0 Å². The average molecular weight is 652 g/mol. The number of rotatable bonds is 13. The van der Waals surface area contributed by atoms with Crippen molar-refractivity contribution in [3.8, 4) is 11.1 Å². The average Bonchev–Trinajstić information content (AvgIpc) is 2.98. The van der Waals surface area contributed by atoms with Crippen LogP contribution in [0.5, 0.6) is 0 Å². The molecule has 0 aliphatic heterocycles. The van der Waals surface area contributed by atoms with Gasteiger partial charge in [-0.1, -0.05) is 115 Å². The maximum absolute atomic E-state index is 13.5. The Kier molecular flexibility index (Phi) is 12.3. The number of carboxylic acid groups (broad SMARTS) is 1. The molecule has 4 aromatic rings. The molecule has 0 saturated carbocycles. The fraction of sp³-hybridized carbons (Fsp3) is 0.212. The van der Waals surface area contributed by atoms with Crippen LogP contribution in [0.25, 0.3) is 11.1 Å². The van der Waals surface area contributed by atoms with E-state index in [4.69, 9.17) is 0 Å². The molecule has 0 heterocycles. The molecule has 1 unspecified atom stereocenters. The third-order valence-corrected chi connectivity index (χ3v) is 9.47. The van der Waals surface area contributed by atoms with Crippen LogP contribution in [0.4, 0.5) is 0 Å². The number of carbonyl (C=O) groups is 2. The molecule has 220 valence electrons. The van der Waals surface area contributed by atoms with Gasteiger partial charge in [-0.05, 0) is 34.2 Å². The molecule has 0 aliphatic carbocycles. The van der Waals surface area contributed by atoms with Gasteiger partial charge in [0.05, 0.1) is 5.92 Å². The molecule has 0 saturated heterocycles. The van der Waals surface area contributed by atoms with E-state index in [0.717, 1.165) is 27.8 Å². The van der Waals surface area contributed by atoms with E-state index in [9.17, 15) is 24.2 Å². The molecule has 0 radical (unpaired) electrons. The maximum Gasteiger partial charge on any atom is 0.326 e. The van der Waals surface area contributed by atoms with Gasteiger partial charge in [0.2, 0.25) is 5.91 Å². The van der Waals surface area contributed by atoms with Gasteiger partial charge in [0.15, 0.2) is 5.78 Å². The predicted molar refractivity (Wildman–Crippen MR) is 160 cm³/mol. The molecule has 4 atom stereocenters. The van der Waals surface area contributed by atoms with Crippen LogP contribution in [-0.4, -0.2) is 39.9 Å². The SMILES string of the molecule is [Br-].[NH3+][C@@H](Cc1ccccc1)P(=O)(O)C[C@@H](Cc1ccccc1)C(=O)N[C@@H](Cc1ccc(-c2ccccc2)cc1)C(=O)O. The van der Waals surface area contributed by atoms with E-state index in [2.05, 4.69) is 11.1 Å². The van der Waals surface area contributed by atoms with Gasteiger partial charge in [0.25, 0.3) is 7.37 Å². The molecular formula is C33H36BrN2O5P. The van der Waals surface area contributed by atoms with Gasteiger partial charge in [-0.25, -0.2) is 4.79 Å². The summed E-state index contributed by atoms with van der Waals surface area (Å²) in [6.07, 6.45) is 0.280. The molecule has 7 nitrogen and oxygen atoms in total. The summed E-state index contributed by atoms with van der Waals surface area (Å²) in [6, 6.07) is 34.7. The lowest BCUT2D eigenvalue weighted by Crippen LogP contribution is -3.00. The summed E-state index contributed by atoms with van der Waals surface area (Å²) >= 11 is 0. The fourth-order valence-corrected chi connectivity index (χ4v) is 6.54. The summed E-state index contributed by atoms with van der Waals surface area (Å²) in [5.41, 5.74) is 8.47. The van der Waals surface area contributed by atoms with E-state index in [1.807, 2.05) is 115 Å². The standard InChI is InChI=1S/C33H35N2O5P.BrH/c34-31(22-25-12-6-2-7-13-25)41(39,40)23-29(20-24-10-4-1-5-11-24)32(36)35-30(33(37)38)21-26-16-18-28(19-17-26)27-14-8-3-9-15-27;/h1-19,29-31H,20-23,34H2,(H,35,36)(H,37,38)(H,39,40);1H/t29-,30+,31-;/m1./s1. The Balaban J connectivity index is 0.00000484. The van der Waals surface area contributed by atoms with Gasteiger partial charge in [-0.2, -0.15) is 0 Å². The molecule has 4 aromatic carbocycles. The van der Waals surface area contributed by atoms with Crippen molar-refractivity contribution in [3.05, 3.63) is 132 Å². The van der Waals surface area contributed by atoms with Gasteiger partial charge < -0.3 is 38.0 Å². The van der Waals surface area contributed by atoms with Crippen LogP contribution in [0.1, 0.15) is 16.7 Å². The summed E-state index contributed by atoms with van der Waals surface area (Å²) in [6.45, 7) is 0. The molecule has 6 N–H and O–H groups in total. The molecule has 0 aromatic heterocycles. The highest BCUT2D eigenvalue weighted by Gasteiger charge is 2.37. The number of hydrogen-bond donors (Lipinski definition) is 4. The number of carbonyl (C=O) groups excluding carboxylic acids is 1. The quantitative estimate of drug-likeness (QED) is 0.163. The number of aliphatic carboxylic acids is 1. The van der Waals surface area contributed by atoms with Crippen LogP contribution in [0.15, 0.2) is 115 Å². The van der Waals surface area contributed by atoms with Crippen molar-refractivity contribution in [2.75, 3.05) is 6.16 Å². The second-order valence-electron chi connectivity index (χ2n) is 10.3. The first kappa shape index (κ1) is 33.0. The molecule has 42 heavy (non-hydrogen) atoms. The highest BCUT2D eigenvalue weighted by molar-refractivity contribution is 7.58. The zero-order valence-electron chi connectivity index (χ0n) is 23.2. The van der Waals surface area contributed by atoms with Crippen LogP contribution in [0, 0.1) is 5.92 Å². The number of amides is 1. The first-order chi connectivity index (χ1) is 19.7. The van der Waals surface area contributed by atoms with Gasteiger partial charge in [-0.3, -0.25) is 9.36 Å². The number of carboxylic acids is 1. The highest BCUT2D eigenvalue weighted by Crippen LogP contribution is 2.46. The van der Waals surface area contributed by atoms with Gasteiger partial charge in [0, 0.05) is 19.0 Å². The normalized spacial score (nSPS) is 14.4. The third kappa shape index (κ3) is 9.50. The van der Waals surface area contributed by atoms with Gasteiger partial charge in [-0.15, -0.1) is 0 Å². The fourth-order valence-electron chi connectivity index (χ4n) is 4.82. The number of nitrogens with one attached hydrogen (secondary N) is 1. The zero-order valence-corrected chi connectivity index (χ0v) is 25.7. The largest absolute Gasteiger partial charge is 1.00 e. The van der Waals surface area contributed by atoms with E-state index in [1.165, 1.54) is 0 Å². The van der Waals surface area contributed by atoms with Gasteiger partial charge in [0.1, 0.15) is 6.04 Å². The number of benzene rings is 4. The van der Waals surface area contributed by atoms with Crippen molar-refractivity contribution in [1.82, 2.24) is 5.32 Å². The second-order valence-corrected chi connectivity index (χ2v) is 12.9. The topological polar surface area (TPSA) is 131 Å². The van der Waals surface area contributed by atoms with Crippen molar-refractivity contribution in [1.29, 1.82) is 0 Å². The Morgan fingerprint density at radius 3 is 1.67 bits per heavy atom. The summed E-state index contributed by atoms with van der Waals surface area (Å²) in [5.74, 6) is -3.46. The molecule has 0 aliphatic rings. The summed E-state index contributed by atoms with van der Waals surface area (Å²) in [4.78, 5) is 36.7. The number of halogens is 1. The second kappa shape index (κ2) is 15.6. The van der Waals surface area contributed by atoms with Crippen LogP contribution in [-0.2, 0) is 33.4 Å². The van der Waals surface area contributed by atoms with Crippen molar-refractivity contribution >= 4 is 19.2 Å². The lowest BCUT2D eigenvalue weighted by atomic mass is 9.98. The first-order valence-corrected chi connectivity index (χ1v) is 15.5. The molecular weight excluding hydrogens is 615 g/mol.